The van der Waals surface area contributed by atoms with Crippen LogP contribution < -0.4 is 5.32 Å². The molecule has 0 bridgehead atoms. The third kappa shape index (κ3) is 4.86. The standard InChI is InChI=1S/C16H16ClNO3S/c17-14-8-6-13(7-9-14)12-18-16(19)10-11-22(20,21)15-4-2-1-3-5-15/h1-9H,10-12H2,(H,18,19). The number of carbonyl (C=O) groups excluding carboxylic acids is 1. The summed E-state index contributed by atoms with van der Waals surface area (Å²) in [6.07, 6.45) is -0.0647. The summed E-state index contributed by atoms with van der Waals surface area (Å²) < 4.78 is 24.1. The van der Waals surface area contributed by atoms with Gasteiger partial charge in [-0.15, -0.1) is 0 Å². The van der Waals surface area contributed by atoms with Crippen LogP contribution in [0.3, 0.4) is 0 Å². The van der Waals surface area contributed by atoms with E-state index < -0.39 is 9.84 Å². The molecule has 0 unspecified atom stereocenters. The zero-order valence-corrected chi connectivity index (χ0v) is 13.4. The minimum absolute atomic E-state index is 0.0647. The summed E-state index contributed by atoms with van der Waals surface area (Å²) in [6.45, 7) is 0.349. The van der Waals surface area contributed by atoms with Crippen molar-refractivity contribution in [2.45, 2.75) is 17.9 Å². The molecule has 0 saturated heterocycles. The normalized spacial score (nSPS) is 11.1. The molecule has 2 aromatic carbocycles. The first-order chi connectivity index (χ1) is 10.5. The molecule has 2 rings (SSSR count). The number of sulfone groups is 1. The third-order valence-corrected chi connectivity index (χ3v) is 5.09. The quantitative estimate of drug-likeness (QED) is 0.881. The predicted octanol–water partition coefficient (Wildman–Crippen LogP) is 2.82. The summed E-state index contributed by atoms with van der Waals surface area (Å²) in [4.78, 5) is 12.0. The van der Waals surface area contributed by atoms with Crippen molar-refractivity contribution in [3.8, 4) is 0 Å². The van der Waals surface area contributed by atoms with Gasteiger partial charge in [0, 0.05) is 18.0 Å². The van der Waals surface area contributed by atoms with Crippen molar-refractivity contribution in [1.82, 2.24) is 5.32 Å². The fourth-order valence-corrected chi connectivity index (χ4v) is 3.25. The van der Waals surface area contributed by atoms with Crippen molar-refractivity contribution in [2.75, 3.05) is 5.75 Å². The van der Waals surface area contributed by atoms with Gasteiger partial charge in [0.05, 0.1) is 10.6 Å². The zero-order chi connectivity index (χ0) is 16.0. The molecule has 0 saturated carbocycles. The van der Waals surface area contributed by atoms with Gasteiger partial charge in [-0.1, -0.05) is 41.9 Å². The molecule has 0 fully saturated rings. The molecule has 116 valence electrons. The molecule has 0 aliphatic heterocycles. The lowest BCUT2D eigenvalue weighted by atomic mass is 10.2. The number of amides is 1. The summed E-state index contributed by atoms with van der Waals surface area (Å²) in [6, 6.07) is 15.2. The van der Waals surface area contributed by atoms with Gasteiger partial charge in [-0.05, 0) is 29.8 Å². The van der Waals surface area contributed by atoms with Crippen LogP contribution >= 0.6 is 11.6 Å². The molecule has 2 aromatic rings. The van der Waals surface area contributed by atoms with Crippen LogP contribution in [0.15, 0.2) is 59.5 Å². The third-order valence-electron chi connectivity index (χ3n) is 3.10. The Morgan fingerprint density at radius 3 is 2.27 bits per heavy atom. The molecule has 0 aliphatic rings. The number of rotatable bonds is 6. The molecule has 4 nitrogen and oxygen atoms in total. The van der Waals surface area contributed by atoms with Gasteiger partial charge in [0.25, 0.3) is 0 Å². The van der Waals surface area contributed by atoms with E-state index in [0.29, 0.717) is 11.6 Å². The molecule has 0 aromatic heterocycles. The largest absolute Gasteiger partial charge is 0.352 e. The van der Waals surface area contributed by atoms with E-state index in [0.717, 1.165) is 5.56 Å². The highest BCUT2D eigenvalue weighted by molar-refractivity contribution is 7.91. The van der Waals surface area contributed by atoms with Gasteiger partial charge >= 0.3 is 0 Å². The summed E-state index contributed by atoms with van der Waals surface area (Å²) in [7, 11) is -3.42. The lowest BCUT2D eigenvalue weighted by Crippen LogP contribution is -2.25. The number of halogens is 1. The van der Waals surface area contributed by atoms with Crippen LogP contribution in [0, 0.1) is 0 Å². The number of hydrogen-bond acceptors (Lipinski definition) is 3. The Balaban J connectivity index is 1.84. The van der Waals surface area contributed by atoms with Gasteiger partial charge in [-0.25, -0.2) is 8.42 Å². The molecule has 0 radical (unpaired) electrons. The van der Waals surface area contributed by atoms with Gasteiger partial charge < -0.3 is 5.32 Å². The van der Waals surface area contributed by atoms with Crippen LogP contribution in [0.1, 0.15) is 12.0 Å². The smallest absolute Gasteiger partial charge is 0.221 e. The van der Waals surface area contributed by atoms with Crippen molar-refractivity contribution in [3.05, 3.63) is 65.2 Å². The second-order valence-electron chi connectivity index (χ2n) is 4.79. The van der Waals surface area contributed by atoms with Gasteiger partial charge in [0.2, 0.25) is 5.91 Å². The van der Waals surface area contributed by atoms with Crippen molar-refractivity contribution < 1.29 is 13.2 Å². The molecule has 1 amide bonds. The summed E-state index contributed by atoms with van der Waals surface area (Å²) in [5, 5.41) is 3.32. The lowest BCUT2D eigenvalue weighted by molar-refractivity contribution is -0.120. The monoisotopic (exact) mass is 337 g/mol. The average molecular weight is 338 g/mol. The molecule has 6 heteroatoms. The second kappa shape index (κ2) is 7.42. The van der Waals surface area contributed by atoms with E-state index in [9.17, 15) is 13.2 Å². The second-order valence-corrected chi connectivity index (χ2v) is 7.33. The van der Waals surface area contributed by atoms with E-state index in [1.165, 1.54) is 12.1 Å². The first kappa shape index (κ1) is 16.5. The first-order valence-electron chi connectivity index (χ1n) is 6.76. The van der Waals surface area contributed by atoms with Crippen LogP contribution in [0.4, 0.5) is 0 Å². The molecule has 0 atom stereocenters. The molecule has 0 aliphatic carbocycles. The topological polar surface area (TPSA) is 63.2 Å². The highest BCUT2D eigenvalue weighted by Crippen LogP contribution is 2.11. The lowest BCUT2D eigenvalue weighted by Gasteiger charge is -2.06. The van der Waals surface area contributed by atoms with Crippen LogP contribution in [0.2, 0.25) is 5.02 Å². The number of carbonyl (C=O) groups is 1. The van der Waals surface area contributed by atoms with E-state index in [2.05, 4.69) is 5.32 Å². The Morgan fingerprint density at radius 1 is 1.00 bits per heavy atom. The average Bonchev–Trinajstić information content (AvgIpc) is 2.53. The maximum atomic E-state index is 12.1. The number of benzene rings is 2. The molecule has 0 heterocycles. The number of nitrogens with one attached hydrogen (secondary N) is 1. The van der Waals surface area contributed by atoms with Crippen LogP contribution in [0.25, 0.3) is 0 Å². The Labute approximate surface area is 135 Å². The van der Waals surface area contributed by atoms with Gasteiger partial charge in [-0.2, -0.15) is 0 Å². The minimum Gasteiger partial charge on any atom is -0.352 e. The summed E-state index contributed by atoms with van der Waals surface area (Å²) in [5.74, 6) is -0.502. The molecule has 0 spiro atoms. The minimum atomic E-state index is -3.42. The van der Waals surface area contributed by atoms with Crippen LogP contribution in [0.5, 0.6) is 0 Å². The molecular formula is C16H16ClNO3S. The maximum Gasteiger partial charge on any atom is 0.221 e. The predicted molar refractivity (Wildman–Crippen MR) is 86.4 cm³/mol. The summed E-state index contributed by atoms with van der Waals surface area (Å²) >= 11 is 5.78. The Kier molecular flexibility index (Phi) is 5.57. The van der Waals surface area contributed by atoms with E-state index in [1.54, 1.807) is 30.3 Å². The van der Waals surface area contributed by atoms with Gasteiger partial charge in [-0.3, -0.25) is 4.79 Å². The van der Waals surface area contributed by atoms with Crippen molar-refractivity contribution >= 4 is 27.3 Å². The highest BCUT2D eigenvalue weighted by atomic mass is 35.5. The van der Waals surface area contributed by atoms with E-state index in [4.69, 9.17) is 11.6 Å². The molecular weight excluding hydrogens is 322 g/mol. The van der Waals surface area contributed by atoms with Crippen molar-refractivity contribution in [1.29, 1.82) is 0 Å². The Morgan fingerprint density at radius 2 is 1.64 bits per heavy atom. The van der Waals surface area contributed by atoms with Gasteiger partial charge in [0.1, 0.15) is 0 Å². The van der Waals surface area contributed by atoms with Gasteiger partial charge in [0.15, 0.2) is 9.84 Å². The van der Waals surface area contributed by atoms with E-state index in [-0.39, 0.29) is 23.0 Å². The van der Waals surface area contributed by atoms with Crippen LogP contribution in [-0.2, 0) is 21.2 Å². The molecule has 1 N–H and O–H groups in total. The first-order valence-corrected chi connectivity index (χ1v) is 8.79. The maximum absolute atomic E-state index is 12.1. The van der Waals surface area contributed by atoms with E-state index >= 15 is 0 Å². The fourth-order valence-electron chi connectivity index (χ4n) is 1.86. The summed E-state index contributed by atoms with van der Waals surface area (Å²) in [5.41, 5.74) is 0.906. The van der Waals surface area contributed by atoms with Crippen LogP contribution in [-0.4, -0.2) is 20.1 Å². The number of hydrogen-bond donors (Lipinski definition) is 1. The van der Waals surface area contributed by atoms with Crippen molar-refractivity contribution in [3.63, 3.8) is 0 Å². The SMILES string of the molecule is O=C(CCS(=O)(=O)c1ccccc1)NCc1ccc(Cl)cc1. The molecule has 22 heavy (non-hydrogen) atoms. The zero-order valence-electron chi connectivity index (χ0n) is 11.8. The highest BCUT2D eigenvalue weighted by Gasteiger charge is 2.15. The van der Waals surface area contributed by atoms with Crippen molar-refractivity contribution in [2.24, 2.45) is 0 Å². The Bertz CT molecular complexity index is 728. The fraction of sp³-hybridized carbons (Fsp3) is 0.188. The Hall–Kier alpha value is -1.85. The van der Waals surface area contributed by atoms with E-state index in [1.807, 2.05) is 12.1 Å².